The second-order valence-corrected chi connectivity index (χ2v) is 30.7. The van der Waals surface area contributed by atoms with Gasteiger partial charge in [0.15, 0.2) is 0 Å². The van der Waals surface area contributed by atoms with Gasteiger partial charge in [-0.3, -0.25) is 9.13 Å². The Labute approximate surface area is 596 Å². The number of aromatic nitrogens is 6. The number of hydrogen-bond acceptors (Lipinski definition) is 8. The Hall–Kier alpha value is -12.3. The first kappa shape index (κ1) is 56.6. The van der Waals surface area contributed by atoms with Gasteiger partial charge in [-0.25, -0.2) is 19.9 Å². The summed E-state index contributed by atoms with van der Waals surface area (Å²) in [6.45, 7) is 0. The second kappa shape index (κ2) is 21.6. The van der Waals surface area contributed by atoms with Crippen LogP contribution in [0.1, 0.15) is 0 Å². The Balaban J connectivity index is 0.000000126. The average Bonchev–Trinajstić information content (AvgIpc) is 1.54. The number of fused-ring (bicyclic) bond motifs is 32. The third-order valence-electron chi connectivity index (χ3n) is 21.2. The van der Waals surface area contributed by atoms with Crippen LogP contribution < -0.4 is 0 Å². The molecule has 0 saturated heterocycles. The van der Waals surface area contributed by atoms with Crippen molar-refractivity contribution in [1.29, 1.82) is 0 Å². The fourth-order valence-corrected chi connectivity index (χ4v) is 21.6. The molecule has 0 aliphatic heterocycles. The summed E-state index contributed by atoms with van der Waals surface area (Å²) in [5, 5.41) is 29.6. The van der Waals surface area contributed by atoms with E-state index in [9.17, 15) is 0 Å². The summed E-state index contributed by atoms with van der Waals surface area (Å²) in [5.41, 5.74) is 8.67. The summed E-state index contributed by atoms with van der Waals surface area (Å²) in [6.07, 6.45) is 0. The maximum absolute atomic E-state index is 5.68. The van der Waals surface area contributed by atoms with E-state index in [2.05, 4.69) is 312 Å². The molecule has 6 nitrogen and oxygen atoms in total. The molecule has 24 rings (SSSR count). The molecule has 0 fully saturated rings. The highest BCUT2D eigenvalue weighted by molar-refractivity contribution is 7.28. The highest BCUT2D eigenvalue weighted by Gasteiger charge is 2.28. The Bertz CT molecular complexity index is 7800. The van der Waals surface area contributed by atoms with Crippen LogP contribution >= 0.6 is 45.3 Å². The van der Waals surface area contributed by atoms with Crippen molar-refractivity contribution in [1.82, 2.24) is 29.1 Å². The SMILES string of the molecule is c1ccc2c(c1)cc(-c1nc(-n3c4ccccc4c4c5sc6ccccc6c5c5ccccc5c43)nc3sc4ccccc4c13)c1ccccc12.c1ccc2c(c1)ccc1cc(-c3nc(-n4c5ccccc5c5c6sc7ccccc7c6c6ccccc6c54)nc4sc5ccccc5c34)ccc12. The number of para-hydroxylation sites is 2. The van der Waals surface area contributed by atoms with E-state index in [1.807, 2.05) is 22.7 Å². The minimum absolute atomic E-state index is 0.693. The van der Waals surface area contributed by atoms with E-state index in [0.717, 1.165) is 65.0 Å². The molecule has 0 aliphatic rings. The number of rotatable bonds is 4. The molecule has 0 bridgehead atoms. The van der Waals surface area contributed by atoms with E-state index in [1.54, 1.807) is 22.7 Å². The van der Waals surface area contributed by atoms with Gasteiger partial charge in [-0.15, -0.1) is 45.3 Å². The standard InChI is InChI=1S/2C46H25N3S2/c1-2-12-29-26(11-1)21-22-27-25-28(23-24-30(27)29)42-40-35-17-7-10-20-38(35)51-45(40)48-46(47-42)49-36-18-8-5-15-33(36)41-43(49)32-14-4-3-13-31(32)39-34-16-6-9-19-37(34)50-44(39)41;1-2-14-27-26(13-1)25-35(29-16-4-3-15-28(27)29)42-40-34-21-9-12-24-38(34)51-45(40)48-46(47-42)49-36-22-10-7-19-32(36)41-43(49)31-18-6-5-17-30(31)39-33-20-8-11-23-37(33)50-44(39)41/h2*1-25H. The van der Waals surface area contributed by atoms with Crippen LogP contribution in [0.2, 0.25) is 0 Å². The van der Waals surface area contributed by atoms with Gasteiger partial charge in [-0.1, -0.05) is 255 Å². The van der Waals surface area contributed by atoms with Crippen molar-refractivity contribution >= 4 is 235 Å². The molecule has 8 heterocycles. The molecule has 0 radical (unpaired) electrons. The van der Waals surface area contributed by atoms with Gasteiger partial charge in [0.2, 0.25) is 11.9 Å². The van der Waals surface area contributed by atoms with Gasteiger partial charge in [0.05, 0.1) is 33.5 Å². The minimum atomic E-state index is 0.693. The normalized spacial score (nSPS) is 12.3. The van der Waals surface area contributed by atoms with Crippen molar-refractivity contribution in [2.45, 2.75) is 0 Å². The number of nitrogens with zero attached hydrogens (tertiary/aromatic N) is 6. The minimum Gasteiger partial charge on any atom is -0.277 e. The molecular weight excluding hydrogens is 1320 g/mol. The zero-order chi connectivity index (χ0) is 66.4. The summed E-state index contributed by atoms with van der Waals surface area (Å²) in [4.78, 5) is 24.2. The van der Waals surface area contributed by atoms with E-state index in [4.69, 9.17) is 19.9 Å². The number of thiophene rings is 4. The van der Waals surface area contributed by atoms with E-state index in [-0.39, 0.29) is 0 Å². The molecule has 8 aromatic heterocycles. The molecule has 24 aromatic rings. The molecule has 0 saturated carbocycles. The Morgan fingerprint density at radius 3 is 1.13 bits per heavy atom. The molecule has 0 aliphatic carbocycles. The Kier molecular flexibility index (Phi) is 12.0. The molecule has 0 unspecified atom stereocenters. The van der Waals surface area contributed by atoms with E-state index in [1.165, 1.54) is 147 Å². The van der Waals surface area contributed by atoms with Crippen LogP contribution in [0.4, 0.5) is 0 Å². The monoisotopic (exact) mass is 1370 g/mol. The predicted molar refractivity (Wildman–Crippen MR) is 440 cm³/mol. The maximum Gasteiger partial charge on any atom is 0.236 e. The van der Waals surface area contributed by atoms with Crippen molar-refractivity contribution < 1.29 is 0 Å². The smallest absolute Gasteiger partial charge is 0.236 e. The zero-order valence-corrected chi connectivity index (χ0v) is 57.4. The average molecular weight is 1370 g/mol. The molecule has 0 atom stereocenters. The van der Waals surface area contributed by atoms with Crippen molar-refractivity contribution in [3.05, 3.63) is 303 Å². The largest absolute Gasteiger partial charge is 0.277 e. The molecule has 0 amide bonds. The van der Waals surface area contributed by atoms with Gasteiger partial charge >= 0.3 is 0 Å². The van der Waals surface area contributed by atoms with Crippen LogP contribution in [0.3, 0.4) is 0 Å². The summed E-state index contributed by atoms with van der Waals surface area (Å²) in [5.74, 6) is 1.39. The third-order valence-corrected chi connectivity index (χ3v) is 25.7. The summed E-state index contributed by atoms with van der Waals surface area (Å²) in [6, 6.07) is 110. The Morgan fingerprint density at radius 2 is 0.588 bits per heavy atom. The first-order chi connectivity index (χ1) is 50.6. The van der Waals surface area contributed by atoms with Crippen LogP contribution in [-0.2, 0) is 0 Å². The lowest BCUT2D eigenvalue weighted by atomic mass is 9.94. The lowest BCUT2D eigenvalue weighted by molar-refractivity contribution is 1.02. The van der Waals surface area contributed by atoms with Crippen molar-refractivity contribution in [2.24, 2.45) is 0 Å². The first-order valence-electron chi connectivity index (χ1n) is 34.3. The molecule has 472 valence electrons. The summed E-state index contributed by atoms with van der Waals surface area (Å²) in [7, 11) is 0. The quantitative estimate of drug-likeness (QED) is 0.165. The summed E-state index contributed by atoms with van der Waals surface area (Å²) < 4.78 is 12.3. The van der Waals surface area contributed by atoms with Crippen molar-refractivity contribution in [3.63, 3.8) is 0 Å². The van der Waals surface area contributed by atoms with Gasteiger partial charge in [0.25, 0.3) is 0 Å². The lowest BCUT2D eigenvalue weighted by Gasteiger charge is -2.14. The van der Waals surface area contributed by atoms with Gasteiger partial charge in [0, 0.05) is 115 Å². The fourth-order valence-electron chi connectivity index (χ4n) is 16.9. The molecule has 0 spiro atoms. The molecular formula is C92H50N6S4. The van der Waals surface area contributed by atoms with Gasteiger partial charge in [-0.2, -0.15) is 0 Å². The van der Waals surface area contributed by atoms with Crippen LogP contribution in [0.25, 0.3) is 224 Å². The topological polar surface area (TPSA) is 61.4 Å². The first-order valence-corrected chi connectivity index (χ1v) is 37.6. The van der Waals surface area contributed by atoms with Crippen LogP contribution in [-0.4, -0.2) is 29.1 Å². The van der Waals surface area contributed by atoms with Gasteiger partial charge in [0.1, 0.15) is 9.66 Å². The molecule has 16 aromatic carbocycles. The number of benzene rings is 16. The molecule has 102 heavy (non-hydrogen) atoms. The summed E-state index contributed by atoms with van der Waals surface area (Å²) >= 11 is 7.26. The van der Waals surface area contributed by atoms with Crippen LogP contribution in [0, 0.1) is 0 Å². The number of hydrogen-bond donors (Lipinski definition) is 0. The Morgan fingerprint density at radius 1 is 0.225 bits per heavy atom. The molecule has 10 heteroatoms. The lowest BCUT2D eigenvalue weighted by Crippen LogP contribution is -2.03. The van der Waals surface area contributed by atoms with Gasteiger partial charge < -0.3 is 0 Å². The van der Waals surface area contributed by atoms with Crippen molar-refractivity contribution in [2.75, 3.05) is 0 Å². The highest BCUT2D eigenvalue weighted by atomic mass is 32.1. The fraction of sp³-hybridized carbons (Fsp3) is 0. The maximum atomic E-state index is 5.68. The van der Waals surface area contributed by atoms with Crippen LogP contribution in [0.15, 0.2) is 303 Å². The van der Waals surface area contributed by atoms with E-state index >= 15 is 0 Å². The molecule has 0 N–H and O–H groups in total. The van der Waals surface area contributed by atoms with E-state index in [0.29, 0.717) is 11.9 Å². The van der Waals surface area contributed by atoms with E-state index < -0.39 is 0 Å². The zero-order valence-electron chi connectivity index (χ0n) is 54.2. The highest BCUT2D eigenvalue weighted by Crippen LogP contribution is 2.52. The second-order valence-electron chi connectivity index (χ2n) is 26.6. The van der Waals surface area contributed by atoms with Crippen LogP contribution in [0.5, 0.6) is 0 Å². The predicted octanol–water partition coefficient (Wildman–Crippen LogP) is 26.9. The third kappa shape index (κ3) is 8.02. The van der Waals surface area contributed by atoms with Crippen molar-refractivity contribution in [3.8, 4) is 34.4 Å². The van der Waals surface area contributed by atoms with Gasteiger partial charge in [-0.05, 0) is 102 Å².